The highest BCUT2D eigenvalue weighted by Crippen LogP contribution is 2.22. The van der Waals surface area contributed by atoms with Crippen LogP contribution in [0.3, 0.4) is 0 Å². The molecule has 1 aliphatic carbocycles. The quantitative estimate of drug-likeness (QED) is 0.583. The predicted molar refractivity (Wildman–Crippen MR) is 108 cm³/mol. The molecule has 0 fully saturated rings. The van der Waals surface area contributed by atoms with Crippen LogP contribution >= 0.6 is 12.4 Å². The van der Waals surface area contributed by atoms with E-state index in [0.717, 1.165) is 30.5 Å². The summed E-state index contributed by atoms with van der Waals surface area (Å²) in [5.41, 5.74) is 10.3. The van der Waals surface area contributed by atoms with Gasteiger partial charge in [-0.2, -0.15) is 10.2 Å². The Balaban J connectivity index is 0.00000225. The van der Waals surface area contributed by atoms with E-state index >= 15 is 0 Å². The number of nitrogens with one attached hydrogen (secondary N) is 2. The first kappa shape index (κ1) is 20.0. The van der Waals surface area contributed by atoms with E-state index in [0.29, 0.717) is 18.2 Å². The number of aryl methyl sites for hydroxylation is 1. The van der Waals surface area contributed by atoms with Crippen molar-refractivity contribution in [2.24, 2.45) is 5.73 Å². The molecular formula is C19H24ClN7O. The first-order valence-electron chi connectivity index (χ1n) is 9.19. The Morgan fingerprint density at radius 2 is 2.11 bits per heavy atom. The minimum Gasteiger partial charge on any atom is -0.349 e. The third kappa shape index (κ3) is 4.07. The van der Waals surface area contributed by atoms with Gasteiger partial charge in [0.05, 0.1) is 18.3 Å². The van der Waals surface area contributed by atoms with Gasteiger partial charge in [-0.1, -0.05) is 30.3 Å². The Morgan fingerprint density at radius 3 is 2.86 bits per heavy atom. The van der Waals surface area contributed by atoms with Gasteiger partial charge in [0.2, 0.25) is 5.91 Å². The highest BCUT2D eigenvalue weighted by molar-refractivity contribution is 5.85. The van der Waals surface area contributed by atoms with Crippen LogP contribution in [0.2, 0.25) is 0 Å². The number of amides is 1. The van der Waals surface area contributed by atoms with Crippen molar-refractivity contribution in [2.75, 3.05) is 0 Å². The Hall–Kier alpha value is -2.71. The van der Waals surface area contributed by atoms with Gasteiger partial charge >= 0.3 is 0 Å². The fraction of sp³-hybridized carbons (Fsp3) is 0.368. The largest absolute Gasteiger partial charge is 0.349 e. The van der Waals surface area contributed by atoms with Crippen LogP contribution in [-0.2, 0) is 30.7 Å². The topological polar surface area (TPSA) is 115 Å². The molecule has 9 heteroatoms. The number of aromatic amines is 1. The second kappa shape index (κ2) is 8.53. The summed E-state index contributed by atoms with van der Waals surface area (Å²) in [6, 6.07) is 9.34. The van der Waals surface area contributed by atoms with E-state index in [1.165, 1.54) is 11.3 Å². The molecule has 8 nitrogen and oxygen atoms in total. The molecule has 3 aromatic rings. The van der Waals surface area contributed by atoms with Crippen LogP contribution in [0.15, 0.2) is 30.3 Å². The third-order valence-electron chi connectivity index (χ3n) is 4.78. The minimum atomic E-state index is -0.322. The van der Waals surface area contributed by atoms with E-state index in [2.05, 4.69) is 25.6 Å². The molecule has 0 saturated carbocycles. The number of benzene rings is 1. The molecule has 148 valence electrons. The van der Waals surface area contributed by atoms with Gasteiger partial charge in [-0.3, -0.25) is 9.89 Å². The maximum atomic E-state index is 12.4. The fourth-order valence-corrected chi connectivity index (χ4v) is 3.43. The van der Waals surface area contributed by atoms with Gasteiger partial charge in [-0.15, -0.1) is 12.4 Å². The highest BCUT2D eigenvalue weighted by atomic mass is 35.5. The van der Waals surface area contributed by atoms with E-state index in [-0.39, 0.29) is 30.9 Å². The van der Waals surface area contributed by atoms with E-state index in [1.807, 2.05) is 37.3 Å². The molecule has 0 radical (unpaired) electrons. The summed E-state index contributed by atoms with van der Waals surface area (Å²) >= 11 is 0. The summed E-state index contributed by atoms with van der Waals surface area (Å²) in [5, 5.41) is 14.8. The Kier molecular flexibility index (Phi) is 6.11. The molecule has 2 aromatic heterocycles. The Labute approximate surface area is 169 Å². The van der Waals surface area contributed by atoms with Crippen molar-refractivity contribution in [1.82, 2.24) is 30.3 Å². The van der Waals surface area contributed by atoms with Crippen molar-refractivity contribution in [3.8, 4) is 11.4 Å². The molecule has 2 heterocycles. The van der Waals surface area contributed by atoms with Crippen LogP contribution in [-0.4, -0.2) is 30.9 Å². The maximum absolute atomic E-state index is 12.4. The molecule has 4 N–H and O–H groups in total. The first-order valence-corrected chi connectivity index (χ1v) is 9.19. The summed E-state index contributed by atoms with van der Waals surface area (Å²) in [7, 11) is 0. The Morgan fingerprint density at radius 1 is 1.32 bits per heavy atom. The summed E-state index contributed by atoms with van der Waals surface area (Å²) in [5.74, 6) is 1.02. The molecule has 1 aromatic carbocycles. The van der Waals surface area contributed by atoms with Crippen molar-refractivity contribution in [3.05, 3.63) is 53.1 Å². The fourth-order valence-electron chi connectivity index (χ4n) is 3.43. The van der Waals surface area contributed by atoms with E-state index in [4.69, 9.17) is 5.73 Å². The van der Waals surface area contributed by atoms with Crippen LogP contribution in [0.4, 0.5) is 0 Å². The van der Waals surface area contributed by atoms with Gasteiger partial charge in [-0.25, -0.2) is 9.67 Å². The van der Waals surface area contributed by atoms with Gasteiger partial charge < -0.3 is 11.1 Å². The lowest BCUT2D eigenvalue weighted by Crippen LogP contribution is -2.29. The number of hydrogen-bond donors (Lipinski definition) is 3. The standard InChI is InChI=1S/C19H23N7O.ClH/c1-12(20)19-22-18(13-6-3-2-4-7-13)25-26(19)11-17(27)21-10-16-14-8-5-9-15(14)23-24-16;/h2-4,6-7,12H,5,8-11,20H2,1H3,(H,21,27)(H,23,24);1H/t12-;/m0./s1. The van der Waals surface area contributed by atoms with E-state index < -0.39 is 0 Å². The zero-order chi connectivity index (χ0) is 18.8. The number of carbonyl (C=O) groups excluding carboxylic acids is 1. The minimum absolute atomic E-state index is 0. The summed E-state index contributed by atoms with van der Waals surface area (Å²) in [6.45, 7) is 2.32. The zero-order valence-corrected chi connectivity index (χ0v) is 16.5. The number of H-pyrrole nitrogens is 1. The summed E-state index contributed by atoms with van der Waals surface area (Å²) in [6.07, 6.45) is 3.20. The smallest absolute Gasteiger partial charge is 0.242 e. The van der Waals surface area contributed by atoms with Gasteiger partial charge in [0.25, 0.3) is 0 Å². The van der Waals surface area contributed by atoms with Gasteiger partial charge in [0.15, 0.2) is 5.82 Å². The van der Waals surface area contributed by atoms with Crippen LogP contribution < -0.4 is 11.1 Å². The van der Waals surface area contributed by atoms with Crippen LogP contribution in [0.5, 0.6) is 0 Å². The van der Waals surface area contributed by atoms with Gasteiger partial charge in [0, 0.05) is 11.3 Å². The number of hydrogen-bond acceptors (Lipinski definition) is 5. The maximum Gasteiger partial charge on any atom is 0.242 e. The van der Waals surface area contributed by atoms with Crippen molar-refractivity contribution < 1.29 is 4.79 Å². The molecule has 28 heavy (non-hydrogen) atoms. The lowest BCUT2D eigenvalue weighted by Gasteiger charge is -2.08. The van der Waals surface area contributed by atoms with Crippen molar-refractivity contribution in [1.29, 1.82) is 0 Å². The van der Waals surface area contributed by atoms with E-state index in [1.54, 1.807) is 4.68 Å². The molecule has 0 spiro atoms. The normalized spacial score (nSPS) is 13.6. The number of halogens is 1. The number of rotatable bonds is 6. The zero-order valence-electron chi connectivity index (χ0n) is 15.7. The molecule has 0 saturated heterocycles. The van der Waals surface area contributed by atoms with Crippen molar-refractivity contribution in [3.63, 3.8) is 0 Å². The summed E-state index contributed by atoms with van der Waals surface area (Å²) < 4.78 is 1.58. The number of nitrogens with zero attached hydrogens (tertiary/aromatic N) is 4. The molecule has 4 rings (SSSR count). The molecule has 0 bridgehead atoms. The molecule has 1 aliphatic rings. The number of fused-ring (bicyclic) bond motifs is 1. The van der Waals surface area contributed by atoms with Crippen molar-refractivity contribution in [2.45, 2.75) is 45.3 Å². The first-order chi connectivity index (χ1) is 13.1. The molecular weight excluding hydrogens is 378 g/mol. The lowest BCUT2D eigenvalue weighted by molar-refractivity contribution is -0.122. The lowest BCUT2D eigenvalue weighted by atomic mass is 10.2. The average molecular weight is 402 g/mol. The number of nitrogens with two attached hydrogens (primary N) is 1. The molecule has 1 atom stereocenters. The second-order valence-electron chi connectivity index (χ2n) is 6.86. The van der Waals surface area contributed by atoms with Gasteiger partial charge in [0.1, 0.15) is 12.4 Å². The van der Waals surface area contributed by atoms with Crippen molar-refractivity contribution >= 4 is 18.3 Å². The molecule has 0 unspecified atom stereocenters. The number of aromatic nitrogens is 5. The average Bonchev–Trinajstić information content (AvgIpc) is 3.37. The summed E-state index contributed by atoms with van der Waals surface area (Å²) in [4.78, 5) is 17.0. The molecule has 0 aliphatic heterocycles. The Bertz CT molecular complexity index is 949. The highest BCUT2D eigenvalue weighted by Gasteiger charge is 2.20. The van der Waals surface area contributed by atoms with Crippen LogP contribution in [0, 0.1) is 0 Å². The SMILES string of the molecule is C[C@H](N)c1nc(-c2ccccc2)nn1CC(=O)NCc1n[nH]c2c1CCC2.Cl. The number of carbonyl (C=O) groups is 1. The second-order valence-corrected chi connectivity index (χ2v) is 6.86. The monoisotopic (exact) mass is 401 g/mol. The predicted octanol–water partition coefficient (Wildman–Crippen LogP) is 1.91. The third-order valence-corrected chi connectivity index (χ3v) is 4.78. The van der Waals surface area contributed by atoms with Crippen LogP contribution in [0.25, 0.3) is 11.4 Å². The van der Waals surface area contributed by atoms with Crippen LogP contribution in [0.1, 0.15) is 42.2 Å². The molecule has 1 amide bonds. The van der Waals surface area contributed by atoms with Gasteiger partial charge in [-0.05, 0) is 31.7 Å². The van der Waals surface area contributed by atoms with E-state index in [9.17, 15) is 4.79 Å².